The molecule has 30 heavy (non-hydrogen) atoms. The van der Waals surface area contributed by atoms with Gasteiger partial charge in [0.05, 0.1) is 5.57 Å². The molecule has 0 bridgehead atoms. The number of nitrogens with zero attached hydrogens (tertiary/aromatic N) is 2. The molecule has 3 heterocycles. The predicted molar refractivity (Wildman–Crippen MR) is 120 cm³/mol. The molecule has 156 valence electrons. The van der Waals surface area contributed by atoms with Crippen LogP contribution in [0, 0.1) is 0 Å². The summed E-state index contributed by atoms with van der Waals surface area (Å²) in [6.45, 7) is 1.47. The summed E-state index contributed by atoms with van der Waals surface area (Å²) in [5, 5.41) is 1.99. The molecule has 5 heteroatoms. The van der Waals surface area contributed by atoms with Gasteiger partial charge in [0.2, 0.25) is 0 Å². The molecule has 1 aliphatic carbocycles. The van der Waals surface area contributed by atoms with Gasteiger partial charge in [0.15, 0.2) is 0 Å². The summed E-state index contributed by atoms with van der Waals surface area (Å²) >= 11 is 1.55. The number of thiophene rings is 1. The van der Waals surface area contributed by atoms with Crippen molar-refractivity contribution in [2.75, 3.05) is 6.54 Å². The lowest BCUT2D eigenvalue weighted by atomic mass is 9.95. The second kappa shape index (κ2) is 8.38. The van der Waals surface area contributed by atoms with Crippen molar-refractivity contribution in [1.82, 2.24) is 9.80 Å². The third-order valence-electron chi connectivity index (χ3n) is 6.75. The van der Waals surface area contributed by atoms with Crippen LogP contribution < -0.4 is 0 Å². The van der Waals surface area contributed by atoms with Gasteiger partial charge < -0.3 is 4.90 Å². The van der Waals surface area contributed by atoms with Gasteiger partial charge in [-0.25, -0.2) is 0 Å². The van der Waals surface area contributed by atoms with Crippen LogP contribution in [0.25, 0.3) is 5.57 Å². The highest BCUT2D eigenvalue weighted by molar-refractivity contribution is 7.11. The number of carbonyl (C=O) groups is 2. The van der Waals surface area contributed by atoms with Crippen molar-refractivity contribution < 1.29 is 9.59 Å². The van der Waals surface area contributed by atoms with Gasteiger partial charge in [0.25, 0.3) is 11.8 Å². The average Bonchev–Trinajstić information content (AvgIpc) is 3.34. The van der Waals surface area contributed by atoms with Crippen LogP contribution in [0.3, 0.4) is 0 Å². The Hall–Kier alpha value is -2.40. The number of imide groups is 1. The maximum atomic E-state index is 13.7. The first-order chi connectivity index (χ1) is 14.7. The van der Waals surface area contributed by atoms with Crippen LogP contribution in [0.4, 0.5) is 0 Å². The van der Waals surface area contributed by atoms with E-state index in [0.717, 1.165) is 43.5 Å². The molecule has 1 aromatic heterocycles. The van der Waals surface area contributed by atoms with Crippen LogP contribution in [0.2, 0.25) is 0 Å². The zero-order valence-electron chi connectivity index (χ0n) is 17.3. The SMILES string of the molecule is O=C1C(c2cccs2)=C(N2CCc3ccccc3C2)C(=O)N1C1CCCCCCC1. The highest BCUT2D eigenvalue weighted by atomic mass is 32.1. The van der Waals surface area contributed by atoms with Crippen LogP contribution in [0.1, 0.15) is 60.9 Å². The molecule has 0 unspecified atom stereocenters. The number of hydrogen-bond acceptors (Lipinski definition) is 4. The molecule has 0 N–H and O–H groups in total. The van der Waals surface area contributed by atoms with Gasteiger partial charge in [-0.3, -0.25) is 14.5 Å². The van der Waals surface area contributed by atoms with E-state index in [2.05, 4.69) is 29.2 Å². The van der Waals surface area contributed by atoms with E-state index in [1.54, 1.807) is 16.2 Å². The monoisotopic (exact) mass is 420 g/mol. The Morgan fingerprint density at radius 3 is 2.30 bits per heavy atom. The fraction of sp³-hybridized carbons (Fsp3) is 0.440. The maximum Gasteiger partial charge on any atom is 0.278 e. The number of fused-ring (bicyclic) bond motifs is 1. The molecule has 1 aromatic carbocycles. The van der Waals surface area contributed by atoms with Crippen molar-refractivity contribution in [3.63, 3.8) is 0 Å². The lowest BCUT2D eigenvalue weighted by Gasteiger charge is -2.32. The van der Waals surface area contributed by atoms with Gasteiger partial charge in [-0.15, -0.1) is 11.3 Å². The van der Waals surface area contributed by atoms with E-state index < -0.39 is 0 Å². The highest BCUT2D eigenvalue weighted by Gasteiger charge is 2.45. The van der Waals surface area contributed by atoms with Crippen LogP contribution in [0.15, 0.2) is 47.5 Å². The van der Waals surface area contributed by atoms with E-state index in [1.165, 1.54) is 30.4 Å². The minimum absolute atomic E-state index is 0.0369. The first kappa shape index (κ1) is 19.6. The standard InChI is InChI=1S/C25H28N2O2S/c28-24-22(21-13-8-16-30-21)23(26-15-14-18-9-6-7-10-19(18)17-26)25(29)27(24)20-11-4-2-1-3-5-12-20/h6-10,13,16,20H,1-5,11-12,14-15,17H2. The van der Waals surface area contributed by atoms with Crippen molar-refractivity contribution >= 4 is 28.7 Å². The number of carbonyl (C=O) groups excluding carboxylic acids is 2. The van der Waals surface area contributed by atoms with E-state index in [1.807, 2.05) is 17.5 Å². The smallest absolute Gasteiger partial charge is 0.278 e. The Balaban J connectivity index is 1.51. The average molecular weight is 421 g/mol. The van der Waals surface area contributed by atoms with Gasteiger partial charge >= 0.3 is 0 Å². The van der Waals surface area contributed by atoms with Crippen molar-refractivity contribution in [3.8, 4) is 0 Å². The summed E-state index contributed by atoms with van der Waals surface area (Å²) in [5.74, 6) is -0.157. The van der Waals surface area contributed by atoms with Gasteiger partial charge in [-0.1, -0.05) is 62.4 Å². The maximum absolute atomic E-state index is 13.7. The molecule has 1 saturated carbocycles. The van der Waals surface area contributed by atoms with Gasteiger partial charge in [0.1, 0.15) is 5.70 Å². The molecule has 1 fully saturated rings. The van der Waals surface area contributed by atoms with Gasteiger partial charge in [0, 0.05) is 24.0 Å². The second-order valence-electron chi connectivity index (χ2n) is 8.62. The molecule has 4 nitrogen and oxygen atoms in total. The van der Waals surface area contributed by atoms with Crippen molar-refractivity contribution in [2.45, 2.75) is 64.0 Å². The van der Waals surface area contributed by atoms with Crippen LogP contribution in [0.5, 0.6) is 0 Å². The fourth-order valence-corrected chi connectivity index (χ4v) is 5.95. The van der Waals surface area contributed by atoms with E-state index in [9.17, 15) is 9.59 Å². The topological polar surface area (TPSA) is 40.6 Å². The molecule has 2 aliphatic heterocycles. The zero-order chi connectivity index (χ0) is 20.5. The van der Waals surface area contributed by atoms with Crippen LogP contribution in [-0.4, -0.2) is 34.2 Å². The first-order valence-electron chi connectivity index (χ1n) is 11.2. The first-order valence-corrected chi connectivity index (χ1v) is 12.1. The predicted octanol–water partition coefficient (Wildman–Crippen LogP) is 5.00. The summed E-state index contributed by atoms with van der Waals surface area (Å²) < 4.78 is 0. The molecule has 0 spiro atoms. The van der Waals surface area contributed by atoms with E-state index in [4.69, 9.17) is 0 Å². The summed E-state index contributed by atoms with van der Waals surface area (Å²) in [7, 11) is 0. The second-order valence-corrected chi connectivity index (χ2v) is 9.57. The minimum Gasteiger partial charge on any atom is -0.362 e. The number of benzene rings is 1. The molecule has 5 rings (SSSR count). The zero-order valence-corrected chi connectivity index (χ0v) is 18.1. The Morgan fingerprint density at radius 2 is 1.57 bits per heavy atom. The van der Waals surface area contributed by atoms with Crippen molar-refractivity contribution in [1.29, 1.82) is 0 Å². The molecule has 0 saturated heterocycles. The van der Waals surface area contributed by atoms with E-state index in [0.29, 0.717) is 17.8 Å². The third kappa shape index (κ3) is 3.49. The molecule has 3 aliphatic rings. The largest absolute Gasteiger partial charge is 0.362 e. The molecule has 2 amide bonds. The molecule has 2 aromatic rings. The number of hydrogen-bond donors (Lipinski definition) is 0. The quantitative estimate of drug-likeness (QED) is 0.656. The summed E-state index contributed by atoms with van der Waals surface area (Å²) in [5.41, 5.74) is 3.85. The Kier molecular flexibility index (Phi) is 5.47. The third-order valence-corrected chi connectivity index (χ3v) is 7.63. The molecular formula is C25H28N2O2S. The van der Waals surface area contributed by atoms with Crippen LogP contribution in [-0.2, 0) is 22.6 Å². The summed E-state index contributed by atoms with van der Waals surface area (Å²) in [6, 6.07) is 12.4. The molecule has 0 atom stereocenters. The minimum atomic E-state index is -0.0816. The number of rotatable bonds is 3. The molecular weight excluding hydrogens is 392 g/mol. The van der Waals surface area contributed by atoms with Crippen molar-refractivity contribution in [3.05, 3.63) is 63.5 Å². The van der Waals surface area contributed by atoms with Gasteiger partial charge in [-0.05, 0) is 41.8 Å². The Bertz CT molecular complexity index is 971. The normalized spacial score (nSPS) is 21.1. The Morgan fingerprint density at radius 1 is 0.833 bits per heavy atom. The van der Waals surface area contributed by atoms with Crippen molar-refractivity contribution in [2.24, 2.45) is 0 Å². The van der Waals surface area contributed by atoms with Crippen LogP contribution >= 0.6 is 11.3 Å². The van der Waals surface area contributed by atoms with E-state index in [-0.39, 0.29) is 17.9 Å². The lowest BCUT2D eigenvalue weighted by molar-refractivity contribution is -0.140. The summed E-state index contributed by atoms with van der Waals surface area (Å²) in [4.78, 5) is 32.1. The van der Waals surface area contributed by atoms with Gasteiger partial charge in [-0.2, -0.15) is 0 Å². The number of amides is 2. The molecule has 0 radical (unpaired) electrons. The van der Waals surface area contributed by atoms with E-state index >= 15 is 0 Å². The Labute approximate surface area is 182 Å². The lowest BCUT2D eigenvalue weighted by Crippen LogP contribution is -2.43. The fourth-order valence-electron chi connectivity index (χ4n) is 5.18. The summed E-state index contributed by atoms with van der Waals surface area (Å²) in [6.07, 6.45) is 8.65. The highest BCUT2D eigenvalue weighted by Crippen LogP contribution is 2.38.